The van der Waals surface area contributed by atoms with Gasteiger partial charge in [0.15, 0.2) is 0 Å². The second kappa shape index (κ2) is 6.89. The molecule has 0 unspecified atom stereocenters. The number of carbonyl (C=O) groups is 1. The molecule has 0 aliphatic carbocycles. The molecule has 0 bridgehead atoms. The molecule has 0 atom stereocenters. The Morgan fingerprint density at radius 3 is 2.94 bits per heavy atom. The molecule has 3 nitrogen and oxygen atoms in total. The molecule has 1 rings (SSSR count). The highest BCUT2D eigenvalue weighted by Gasteiger charge is 2.09. The average Bonchev–Trinajstić information content (AvgIpc) is 2.24. The number of nitrogens with one attached hydrogen (secondary N) is 1. The van der Waals surface area contributed by atoms with E-state index in [9.17, 15) is 4.79 Å². The summed E-state index contributed by atoms with van der Waals surface area (Å²) in [7, 11) is 1.63. The van der Waals surface area contributed by atoms with Crippen molar-refractivity contribution in [2.75, 3.05) is 20.3 Å². The zero-order valence-corrected chi connectivity index (χ0v) is 11.3. The predicted octanol–water partition coefficient (Wildman–Crippen LogP) is 2.87. The Morgan fingerprint density at radius 2 is 2.31 bits per heavy atom. The predicted molar refractivity (Wildman–Crippen MR) is 68.0 cm³/mol. The Morgan fingerprint density at radius 1 is 1.56 bits per heavy atom. The summed E-state index contributed by atoms with van der Waals surface area (Å²) in [6.07, 6.45) is 0.788. The topological polar surface area (TPSA) is 38.3 Å². The third-order valence-corrected chi connectivity index (χ3v) is 2.79. The van der Waals surface area contributed by atoms with Gasteiger partial charge in [0.2, 0.25) is 0 Å². The summed E-state index contributed by atoms with van der Waals surface area (Å²) < 4.78 is 5.74. The highest BCUT2D eigenvalue weighted by molar-refractivity contribution is 9.10. The second-order valence-corrected chi connectivity index (χ2v) is 4.55. The maximum Gasteiger partial charge on any atom is 0.252 e. The van der Waals surface area contributed by atoms with E-state index in [0.717, 1.165) is 10.9 Å². The van der Waals surface area contributed by atoms with Gasteiger partial charge in [0.1, 0.15) is 0 Å². The first-order chi connectivity index (χ1) is 7.65. The molecule has 0 radical (unpaired) electrons. The zero-order chi connectivity index (χ0) is 12.0. The van der Waals surface area contributed by atoms with Gasteiger partial charge in [-0.15, -0.1) is 0 Å². The minimum absolute atomic E-state index is 0.159. The summed E-state index contributed by atoms with van der Waals surface area (Å²) in [6, 6.07) is 5.18. The Balaban J connectivity index is 2.53. The summed E-state index contributed by atoms with van der Waals surface area (Å²) in [4.78, 5) is 11.7. The molecular weight excluding hydrogens is 293 g/mol. The van der Waals surface area contributed by atoms with Crippen LogP contribution in [0.1, 0.15) is 16.8 Å². The maximum atomic E-state index is 11.7. The lowest BCUT2D eigenvalue weighted by molar-refractivity contribution is 0.0949. The van der Waals surface area contributed by atoms with Gasteiger partial charge in [0, 0.05) is 24.7 Å². The molecule has 0 spiro atoms. The lowest BCUT2D eigenvalue weighted by Crippen LogP contribution is -2.25. The molecule has 0 aliphatic heterocycles. The van der Waals surface area contributed by atoms with Gasteiger partial charge >= 0.3 is 0 Å². The molecule has 1 N–H and O–H groups in total. The van der Waals surface area contributed by atoms with Crippen LogP contribution in [0, 0.1) is 0 Å². The Kier molecular flexibility index (Phi) is 5.80. The standard InChI is InChI=1S/C11H13BrClNO2/c1-16-6-2-5-14-11(15)9-4-3-8(12)7-10(9)13/h3-4,7H,2,5-6H2,1H3,(H,14,15). The molecule has 0 aliphatic rings. The lowest BCUT2D eigenvalue weighted by Gasteiger charge is -2.06. The zero-order valence-electron chi connectivity index (χ0n) is 8.93. The molecule has 0 saturated carbocycles. The number of hydrogen-bond acceptors (Lipinski definition) is 2. The van der Waals surface area contributed by atoms with Gasteiger partial charge in [-0.25, -0.2) is 0 Å². The van der Waals surface area contributed by atoms with Crippen molar-refractivity contribution in [2.45, 2.75) is 6.42 Å². The van der Waals surface area contributed by atoms with Crippen LogP contribution in [0.3, 0.4) is 0 Å². The third-order valence-electron chi connectivity index (χ3n) is 1.99. The van der Waals surface area contributed by atoms with E-state index in [1.807, 2.05) is 0 Å². The summed E-state index contributed by atoms with van der Waals surface area (Å²) in [5.41, 5.74) is 0.488. The van der Waals surface area contributed by atoms with E-state index in [1.165, 1.54) is 0 Å². The molecule has 1 amide bonds. The first-order valence-corrected chi connectivity index (χ1v) is 6.04. The number of methoxy groups -OCH3 is 1. The van der Waals surface area contributed by atoms with E-state index in [1.54, 1.807) is 25.3 Å². The van der Waals surface area contributed by atoms with Gasteiger partial charge in [-0.3, -0.25) is 4.79 Å². The summed E-state index contributed by atoms with van der Waals surface area (Å²) in [5, 5.41) is 3.22. The number of benzene rings is 1. The van der Waals surface area contributed by atoms with Gasteiger partial charge in [-0.1, -0.05) is 27.5 Å². The van der Waals surface area contributed by atoms with Crippen LogP contribution < -0.4 is 5.32 Å². The minimum Gasteiger partial charge on any atom is -0.385 e. The van der Waals surface area contributed by atoms with Crippen molar-refractivity contribution in [3.8, 4) is 0 Å². The molecule has 88 valence electrons. The van der Waals surface area contributed by atoms with Crippen molar-refractivity contribution < 1.29 is 9.53 Å². The number of carbonyl (C=O) groups excluding carboxylic acids is 1. The fourth-order valence-corrected chi connectivity index (χ4v) is 1.95. The fraction of sp³-hybridized carbons (Fsp3) is 0.364. The van der Waals surface area contributed by atoms with Crippen LogP contribution in [0.15, 0.2) is 22.7 Å². The maximum absolute atomic E-state index is 11.7. The Hall–Kier alpha value is -0.580. The normalized spacial score (nSPS) is 10.2. The van der Waals surface area contributed by atoms with Crippen LogP contribution in [-0.4, -0.2) is 26.2 Å². The van der Waals surface area contributed by atoms with Gasteiger partial charge in [0.05, 0.1) is 10.6 Å². The average molecular weight is 307 g/mol. The van der Waals surface area contributed by atoms with Crippen molar-refractivity contribution in [1.82, 2.24) is 5.32 Å². The van der Waals surface area contributed by atoms with E-state index in [0.29, 0.717) is 23.7 Å². The Labute approximate surface area is 108 Å². The monoisotopic (exact) mass is 305 g/mol. The van der Waals surface area contributed by atoms with Gasteiger partial charge < -0.3 is 10.1 Å². The van der Waals surface area contributed by atoms with Crippen LogP contribution >= 0.6 is 27.5 Å². The fourth-order valence-electron chi connectivity index (χ4n) is 1.19. The summed E-state index contributed by atoms with van der Waals surface area (Å²) in [6.45, 7) is 1.22. The molecule has 1 aromatic rings. The van der Waals surface area contributed by atoms with Crippen molar-refractivity contribution in [1.29, 1.82) is 0 Å². The van der Waals surface area contributed by atoms with Crippen LogP contribution in [0.25, 0.3) is 0 Å². The number of halogens is 2. The minimum atomic E-state index is -0.159. The van der Waals surface area contributed by atoms with E-state index in [4.69, 9.17) is 16.3 Å². The quantitative estimate of drug-likeness (QED) is 0.850. The number of rotatable bonds is 5. The van der Waals surface area contributed by atoms with Gasteiger partial charge in [-0.05, 0) is 24.6 Å². The smallest absolute Gasteiger partial charge is 0.252 e. The van der Waals surface area contributed by atoms with Gasteiger partial charge in [-0.2, -0.15) is 0 Å². The Bertz CT molecular complexity index is 371. The molecule has 0 heterocycles. The van der Waals surface area contributed by atoms with Crippen LogP contribution in [-0.2, 0) is 4.74 Å². The van der Waals surface area contributed by atoms with E-state index in [2.05, 4.69) is 21.2 Å². The summed E-state index contributed by atoms with van der Waals surface area (Å²) >= 11 is 9.23. The molecule has 0 saturated heterocycles. The summed E-state index contributed by atoms with van der Waals surface area (Å²) in [5.74, 6) is -0.159. The largest absolute Gasteiger partial charge is 0.385 e. The molecule has 16 heavy (non-hydrogen) atoms. The molecular formula is C11H13BrClNO2. The van der Waals surface area contributed by atoms with Crippen molar-refractivity contribution in [3.63, 3.8) is 0 Å². The third kappa shape index (κ3) is 4.12. The molecule has 1 aromatic carbocycles. The first kappa shape index (κ1) is 13.5. The SMILES string of the molecule is COCCCNC(=O)c1ccc(Br)cc1Cl. The number of ether oxygens (including phenoxy) is 1. The molecule has 0 fully saturated rings. The lowest BCUT2D eigenvalue weighted by atomic mass is 10.2. The van der Waals surface area contributed by atoms with Crippen LogP contribution in [0.5, 0.6) is 0 Å². The van der Waals surface area contributed by atoms with E-state index < -0.39 is 0 Å². The van der Waals surface area contributed by atoms with E-state index >= 15 is 0 Å². The highest BCUT2D eigenvalue weighted by Crippen LogP contribution is 2.21. The van der Waals surface area contributed by atoms with Crippen molar-refractivity contribution in [2.24, 2.45) is 0 Å². The van der Waals surface area contributed by atoms with Crippen LogP contribution in [0.4, 0.5) is 0 Å². The van der Waals surface area contributed by atoms with E-state index in [-0.39, 0.29) is 5.91 Å². The first-order valence-electron chi connectivity index (χ1n) is 4.87. The van der Waals surface area contributed by atoms with Crippen LogP contribution in [0.2, 0.25) is 5.02 Å². The van der Waals surface area contributed by atoms with Crippen molar-refractivity contribution in [3.05, 3.63) is 33.3 Å². The van der Waals surface area contributed by atoms with Crippen molar-refractivity contribution >= 4 is 33.4 Å². The second-order valence-electron chi connectivity index (χ2n) is 3.23. The molecule has 0 aromatic heterocycles. The number of amides is 1. The highest BCUT2D eigenvalue weighted by atomic mass is 79.9. The van der Waals surface area contributed by atoms with Gasteiger partial charge in [0.25, 0.3) is 5.91 Å². The molecule has 5 heteroatoms. The number of hydrogen-bond donors (Lipinski definition) is 1.